The van der Waals surface area contributed by atoms with Crippen molar-refractivity contribution in [2.45, 2.75) is 19.9 Å². The van der Waals surface area contributed by atoms with E-state index in [1.54, 1.807) is 24.4 Å². The van der Waals surface area contributed by atoms with Gasteiger partial charge < -0.3 is 15.3 Å². The highest BCUT2D eigenvalue weighted by molar-refractivity contribution is 7.12. The molecule has 0 saturated carbocycles. The molecule has 0 aliphatic heterocycles. The quantitative estimate of drug-likeness (QED) is 0.821. The van der Waals surface area contributed by atoms with Crippen molar-refractivity contribution < 1.29 is 19.5 Å². The lowest BCUT2D eigenvalue weighted by atomic mass is 10.0. The molecule has 1 heterocycles. The van der Waals surface area contributed by atoms with Gasteiger partial charge in [-0.2, -0.15) is 0 Å². The first-order valence-electron chi connectivity index (χ1n) is 6.14. The number of aliphatic carboxylic acids is 1. The van der Waals surface area contributed by atoms with E-state index in [4.69, 9.17) is 5.11 Å². The van der Waals surface area contributed by atoms with Gasteiger partial charge in [0.05, 0.1) is 17.3 Å². The van der Waals surface area contributed by atoms with Crippen LogP contribution in [0, 0.1) is 5.92 Å². The fourth-order valence-corrected chi connectivity index (χ4v) is 2.23. The molecule has 1 aromatic heterocycles. The van der Waals surface area contributed by atoms with Crippen LogP contribution in [0.4, 0.5) is 0 Å². The Morgan fingerprint density at radius 2 is 2.05 bits per heavy atom. The second-order valence-corrected chi connectivity index (χ2v) is 5.57. The number of nitrogens with one attached hydrogen (secondary N) is 1. The van der Waals surface area contributed by atoms with Crippen LogP contribution in [0.15, 0.2) is 17.5 Å². The van der Waals surface area contributed by atoms with Crippen LogP contribution in [0.2, 0.25) is 0 Å². The maximum absolute atomic E-state index is 11.9. The van der Waals surface area contributed by atoms with E-state index in [0.29, 0.717) is 4.88 Å². The molecule has 7 heteroatoms. The first-order chi connectivity index (χ1) is 9.32. The van der Waals surface area contributed by atoms with Crippen molar-refractivity contribution in [1.29, 1.82) is 0 Å². The monoisotopic (exact) mass is 298 g/mol. The molecule has 6 nitrogen and oxygen atoms in total. The maximum Gasteiger partial charge on any atom is 0.308 e. The molecule has 0 aromatic carbocycles. The molecule has 2 N–H and O–H groups in total. The summed E-state index contributed by atoms with van der Waals surface area (Å²) in [4.78, 5) is 36.4. The van der Waals surface area contributed by atoms with Gasteiger partial charge in [0.1, 0.15) is 0 Å². The van der Waals surface area contributed by atoms with Crippen LogP contribution in [0.5, 0.6) is 0 Å². The van der Waals surface area contributed by atoms with Gasteiger partial charge in [0, 0.05) is 13.1 Å². The summed E-state index contributed by atoms with van der Waals surface area (Å²) in [6.07, 6.45) is 0. The Bertz CT molecular complexity index is 487. The van der Waals surface area contributed by atoms with Crippen LogP contribution in [0.3, 0.4) is 0 Å². The van der Waals surface area contributed by atoms with E-state index >= 15 is 0 Å². The first kappa shape index (κ1) is 16.2. The number of thiophene rings is 1. The molecule has 2 amide bonds. The third-order valence-corrected chi connectivity index (χ3v) is 3.85. The van der Waals surface area contributed by atoms with Gasteiger partial charge in [-0.25, -0.2) is 0 Å². The molecule has 0 aliphatic rings. The van der Waals surface area contributed by atoms with Crippen LogP contribution >= 0.6 is 11.3 Å². The lowest BCUT2D eigenvalue weighted by molar-refractivity contribution is -0.142. The average Bonchev–Trinajstić information content (AvgIpc) is 2.89. The molecule has 0 bridgehead atoms. The summed E-state index contributed by atoms with van der Waals surface area (Å²) in [6.45, 7) is 3.04. The Labute approximate surface area is 121 Å². The highest BCUT2D eigenvalue weighted by Gasteiger charge is 2.22. The standard InChI is InChI=1S/C13H18N2O4S/c1-8(13(18)19)9(2)14-11(16)7-15(3)12(17)10-5-4-6-20-10/h4-6,8-9H,7H2,1-3H3,(H,14,16)(H,18,19). The van der Waals surface area contributed by atoms with Crippen LogP contribution in [0.25, 0.3) is 0 Å². The van der Waals surface area contributed by atoms with Gasteiger partial charge in [0.15, 0.2) is 0 Å². The molecule has 1 rings (SSSR count). The zero-order valence-corrected chi connectivity index (χ0v) is 12.4. The molecule has 0 fully saturated rings. The van der Waals surface area contributed by atoms with E-state index < -0.39 is 17.9 Å². The van der Waals surface area contributed by atoms with Crippen molar-refractivity contribution in [3.05, 3.63) is 22.4 Å². The number of rotatable bonds is 6. The van der Waals surface area contributed by atoms with E-state index in [2.05, 4.69) is 5.32 Å². The van der Waals surface area contributed by atoms with E-state index in [0.717, 1.165) is 0 Å². The van der Waals surface area contributed by atoms with Crippen molar-refractivity contribution >= 4 is 29.1 Å². The lowest BCUT2D eigenvalue weighted by Gasteiger charge is -2.20. The van der Waals surface area contributed by atoms with Crippen LogP contribution in [-0.4, -0.2) is 47.4 Å². The molecule has 2 unspecified atom stereocenters. The highest BCUT2D eigenvalue weighted by Crippen LogP contribution is 2.11. The maximum atomic E-state index is 11.9. The zero-order chi connectivity index (χ0) is 15.3. The van der Waals surface area contributed by atoms with E-state index in [-0.39, 0.29) is 18.4 Å². The Morgan fingerprint density at radius 3 is 2.55 bits per heavy atom. The van der Waals surface area contributed by atoms with Gasteiger partial charge in [-0.05, 0) is 25.3 Å². The normalized spacial score (nSPS) is 13.3. The van der Waals surface area contributed by atoms with Crippen LogP contribution in [-0.2, 0) is 9.59 Å². The van der Waals surface area contributed by atoms with Gasteiger partial charge in [-0.3, -0.25) is 14.4 Å². The fourth-order valence-electron chi connectivity index (χ4n) is 1.51. The van der Waals surface area contributed by atoms with E-state index in [1.165, 1.54) is 30.2 Å². The first-order valence-corrected chi connectivity index (χ1v) is 7.02. The lowest BCUT2D eigenvalue weighted by Crippen LogP contribution is -2.45. The van der Waals surface area contributed by atoms with E-state index in [9.17, 15) is 14.4 Å². The molecule has 1 aromatic rings. The summed E-state index contributed by atoms with van der Waals surface area (Å²) in [6, 6.07) is 2.96. The average molecular weight is 298 g/mol. The second kappa shape index (κ2) is 7.04. The van der Waals surface area contributed by atoms with Gasteiger partial charge in [0.25, 0.3) is 5.91 Å². The molecular weight excluding hydrogens is 280 g/mol. The molecule has 0 radical (unpaired) electrons. The number of hydrogen-bond donors (Lipinski definition) is 2. The van der Waals surface area contributed by atoms with Crippen molar-refractivity contribution in [2.75, 3.05) is 13.6 Å². The van der Waals surface area contributed by atoms with Gasteiger partial charge in [0.2, 0.25) is 5.91 Å². The SMILES string of the molecule is CC(NC(=O)CN(C)C(=O)c1cccs1)C(C)C(=O)O. The molecule has 110 valence electrons. The third-order valence-electron chi connectivity index (χ3n) is 2.99. The number of hydrogen-bond acceptors (Lipinski definition) is 4. The Kier molecular flexibility index (Phi) is 5.69. The molecule has 0 aliphatic carbocycles. The second-order valence-electron chi connectivity index (χ2n) is 4.62. The number of likely N-dealkylation sites (N-methyl/N-ethyl adjacent to an activating group) is 1. The van der Waals surface area contributed by atoms with Crippen molar-refractivity contribution in [3.8, 4) is 0 Å². The summed E-state index contributed by atoms with van der Waals surface area (Å²) in [5.41, 5.74) is 0. The zero-order valence-electron chi connectivity index (χ0n) is 11.6. The highest BCUT2D eigenvalue weighted by atomic mass is 32.1. The smallest absolute Gasteiger partial charge is 0.308 e. The van der Waals surface area contributed by atoms with Crippen LogP contribution < -0.4 is 5.32 Å². The summed E-state index contributed by atoms with van der Waals surface area (Å²) < 4.78 is 0. The number of carboxylic acids is 1. The van der Waals surface area contributed by atoms with Gasteiger partial charge in [-0.1, -0.05) is 6.07 Å². The van der Waals surface area contributed by atoms with Crippen LogP contribution in [0.1, 0.15) is 23.5 Å². The molecule has 20 heavy (non-hydrogen) atoms. The Hall–Kier alpha value is -1.89. The number of nitrogens with zero attached hydrogens (tertiary/aromatic N) is 1. The molecule has 2 atom stereocenters. The minimum atomic E-state index is -0.971. The fraction of sp³-hybridized carbons (Fsp3) is 0.462. The third kappa shape index (κ3) is 4.34. The topological polar surface area (TPSA) is 86.7 Å². The van der Waals surface area contributed by atoms with Gasteiger partial charge >= 0.3 is 5.97 Å². The summed E-state index contributed by atoms with van der Waals surface area (Å²) in [5, 5.41) is 13.2. The van der Waals surface area contributed by atoms with E-state index in [1.807, 2.05) is 0 Å². The largest absolute Gasteiger partial charge is 0.481 e. The molecule has 0 saturated heterocycles. The van der Waals surface area contributed by atoms with Crippen molar-refractivity contribution in [1.82, 2.24) is 10.2 Å². The van der Waals surface area contributed by atoms with Crippen molar-refractivity contribution in [3.63, 3.8) is 0 Å². The Balaban J connectivity index is 2.50. The number of carbonyl (C=O) groups is 3. The minimum Gasteiger partial charge on any atom is -0.481 e. The summed E-state index contributed by atoms with van der Waals surface area (Å²) in [5.74, 6) is -2.26. The predicted molar refractivity (Wildman–Crippen MR) is 75.7 cm³/mol. The minimum absolute atomic E-state index is 0.104. The van der Waals surface area contributed by atoms with Crippen molar-refractivity contribution in [2.24, 2.45) is 5.92 Å². The number of carboxylic acid groups (broad SMARTS) is 1. The molecular formula is C13H18N2O4S. The van der Waals surface area contributed by atoms with Gasteiger partial charge in [-0.15, -0.1) is 11.3 Å². The number of amides is 2. The number of carbonyl (C=O) groups excluding carboxylic acids is 2. The predicted octanol–water partition coefficient (Wildman–Crippen LogP) is 1.05. The summed E-state index contributed by atoms with van der Waals surface area (Å²) in [7, 11) is 1.53. The summed E-state index contributed by atoms with van der Waals surface area (Å²) >= 11 is 1.31. The molecule has 0 spiro atoms. The Morgan fingerprint density at radius 1 is 1.40 bits per heavy atom.